The van der Waals surface area contributed by atoms with Crippen LogP contribution in [0.5, 0.6) is 0 Å². The van der Waals surface area contributed by atoms with Crippen LogP contribution in [-0.4, -0.2) is 18.7 Å². The molecule has 2 aromatic heterocycles. The summed E-state index contributed by atoms with van der Waals surface area (Å²) in [6.07, 6.45) is 1.05. The molecule has 0 radical (unpaired) electrons. The van der Waals surface area contributed by atoms with Gasteiger partial charge in [-0.25, -0.2) is 9.78 Å². The molecular weight excluding hydrogens is 396 g/mol. The van der Waals surface area contributed by atoms with Crippen LogP contribution in [0.15, 0.2) is 47.3 Å². The number of nitrogens with zero attached hydrogens (tertiary/aromatic N) is 4. The van der Waals surface area contributed by atoms with Crippen molar-refractivity contribution in [2.45, 2.75) is 59.1 Å². The molecule has 0 fully saturated rings. The maximum atomic E-state index is 13.3. The summed E-state index contributed by atoms with van der Waals surface area (Å²) in [5, 5.41) is 0. The monoisotopic (exact) mass is 424 g/mol. The van der Waals surface area contributed by atoms with Crippen molar-refractivity contribution in [3.8, 4) is 0 Å². The van der Waals surface area contributed by atoms with Crippen molar-refractivity contribution < 1.29 is 0 Å². The van der Waals surface area contributed by atoms with Crippen LogP contribution < -0.4 is 5.69 Å². The quantitative estimate of drug-likeness (QED) is 0.364. The van der Waals surface area contributed by atoms with E-state index in [1.807, 2.05) is 59.4 Å². The lowest BCUT2D eigenvalue weighted by molar-refractivity contribution is 0.504. The fraction of sp³-hybridized carbons (Fsp3) is 0.417. The van der Waals surface area contributed by atoms with Crippen LogP contribution >= 0.6 is 11.6 Å². The first-order valence-corrected chi connectivity index (χ1v) is 11.2. The van der Waals surface area contributed by atoms with E-state index in [9.17, 15) is 4.79 Å². The highest BCUT2D eigenvalue weighted by atomic mass is 35.5. The molecule has 4 rings (SSSR count). The second-order valence-electron chi connectivity index (χ2n) is 8.60. The summed E-state index contributed by atoms with van der Waals surface area (Å²) in [7, 11) is 0. The minimum absolute atomic E-state index is 0.00577. The van der Waals surface area contributed by atoms with Gasteiger partial charge in [0.1, 0.15) is 5.82 Å². The fourth-order valence-corrected chi connectivity index (χ4v) is 4.36. The highest BCUT2D eigenvalue weighted by molar-refractivity contribution is 6.17. The Kier molecular flexibility index (Phi) is 5.74. The molecule has 0 unspecified atom stereocenters. The first-order chi connectivity index (χ1) is 14.4. The molecule has 0 bridgehead atoms. The molecule has 2 aromatic carbocycles. The van der Waals surface area contributed by atoms with Gasteiger partial charge in [-0.3, -0.25) is 9.13 Å². The second kappa shape index (κ2) is 8.31. The predicted molar refractivity (Wildman–Crippen MR) is 124 cm³/mol. The summed E-state index contributed by atoms with van der Waals surface area (Å²) in [6.45, 7) is 9.85. The molecule has 5 nitrogen and oxygen atoms in total. The third kappa shape index (κ3) is 3.56. The van der Waals surface area contributed by atoms with Gasteiger partial charge in [0.05, 0.1) is 28.6 Å². The number of para-hydroxylation sites is 3. The van der Waals surface area contributed by atoms with Crippen molar-refractivity contribution in [2.75, 3.05) is 0 Å². The number of rotatable bonds is 7. The number of hydrogen-bond donors (Lipinski definition) is 0. The van der Waals surface area contributed by atoms with Gasteiger partial charge < -0.3 is 4.57 Å². The zero-order chi connectivity index (χ0) is 21.4. The Morgan fingerprint density at radius 2 is 1.63 bits per heavy atom. The summed E-state index contributed by atoms with van der Waals surface area (Å²) >= 11 is 6.19. The summed E-state index contributed by atoms with van der Waals surface area (Å²) in [5.41, 5.74) is 4.96. The molecule has 6 heteroatoms. The number of benzene rings is 2. The normalized spacial score (nSPS) is 12.1. The Hall–Kier alpha value is -2.53. The topological polar surface area (TPSA) is 44.8 Å². The van der Waals surface area contributed by atoms with Crippen LogP contribution in [0.1, 0.15) is 51.5 Å². The zero-order valence-electron chi connectivity index (χ0n) is 18.1. The van der Waals surface area contributed by atoms with Gasteiger partial charge in [-0.2, -0.15) is 0 Å². The van der Waals surface area contributed by atoms with E-state index in [0.717, 1.165) is 46.4 Å². The molecule has 158 valence electrons. The molecule has 0 amide bonds. The minimum atomic E-state index is 0.00577. The molecule has 0 atom stereocenters. The highest BCUT2D eigenvalue weighted by Crippen LogP contribution is 2.24. The molecule has 0 saturated heterocycles. The molecule has 0 aliphatic rings. The maximum Gasteiger partial charge on any atom is 0.329 e. The number of alkyl halides is 1. The van der Waals surface area contributed by atoms with E-state index in [1.54, 1.807) is 0 Å². The lowest BCUT2D eigenvalue weighted by Crippen LogP contribution is -2.27. The number of imidazole rings is 2. The van der Waals surface area contributed by atoms with Crippen LogP contribution in [0, 0.1) is 5.92 Å². The third-order valence-corrected chi connectivity index (χ3v) is 5.99. The van der Waals surface area contributed by atoms with E-state index in [2.05, 4.69) is 24.5 Å². The Balaban J connectivity index is 1.90. The zero-order valence-corrected chi connectivity index (χ0v) is 18.9. The average molecular weight is 425 g/mol. The largest absolute Gasteiger partial charge is 0.329 e. The number of aromatic nitrogens is 4. The first-order valence-electron chi connectivity index (χ1n) is 10.6. The van der Waals surface area contributed by atoms with Crippen molar-refractivity contribution in [1.82, 2.24) is 18.7 Å². The van der Waals surface area contributed by atoms with Gasteiger partial charge in [0.15, 0.2) is 0 Å². The molecule has 4 aromatic rings. The van der Waals surface area contributed by atoms with Crippen LogP contribution in [0.3, 0.4) is 0 Å². The lowest BCUT2D eigenvalue weighted by atomic mass is 10.1. The van der Waals surface area contributed by atoms with E-state index in [-0.39, 0.29) is 11.7 Å². The van der Waals surface area contributed by atoms with Gasteiger partial charge in [-0.05, 0) is 49.9 Å². The van der Waals surface area contributed by atoms with Crippen molar-refractivity contribution in [1.29, 1.82) is 0 Å². The van der Waals surface area contributed by atoms with Gasteiger partial charge in [0.25, 0.3) is 0 Å². The minimum Gasteiger partial charge on any atom is -0.326 e. The molecular formula is C24H29ClN4O. The van der Waals surface area contributed by atoms with Crippen LogP contribution in [0.2, 0.25) is 0 Å². The molecule has 30 heavy (non-hydrogen) atoms. The second-order valence-corrected chi connectivity index (χ2v) is 8.87. The first kappa shape index (κ1) is 20.7. The SMILES string of the molecule is CC(C)CCn1c(Cn2c(=O)n(C(C)C)c3ccccc32)nc2c(CCl)cccc21. The molecule has 0 spiro atoms. The Morgan fingerprint density at radius 1 is 0.933 bits per heavy atom. The van der Waals surface area contributed by atoms with E-state index < -0.39 is 0 Å². The predicted octanol–water partition coefficient (Wildman–Crippen LogP) is 5.57. The Bertz CT molecular complexity index is 1250. The molecule has 0 saturated carbocycles. The fourth-order valence-electron chi connectivity index (χ4n) is 4.14. The van der Waals surface area contributed by atoms with Crippen LogP contribution in [-0.2, 0) is 19.0 Å². The van der Waals surface area contributed by atoms with Gasteiger partial charge in [0.2, 0.25) is 0 Å². The summed E-state index contributed by atoms with van der Waals surface area (Å²) < 4.78 is 5.97. The highest BCUT2D eigenvalue weighted by Gasteiger charge is 2.19. The van der Waals surface area contributed by atoms with Gasteiger partial charge >= 0.3 is 5.69 Å². The molecule has 2 heterocycles. The Morgan fingerprint density at radius 3 is 2.30 bits per heavy atom. The van der Waals surface area contributed by atoms with Crippen molar-refractivity contribution in [3.05, 3.63) is 64.3 Å². The van der Waals surface area contributed by atoms with E-state index in [1.165, 1.54) is 0 Å². The maximum absolute atomic E-state index is 13.3. The number of hydrogen-bond acceptors (Lipinski definition) is 2. The smallest absolute Gasteiger partial charge is 0.326 e. The van der Waals surface area contributed by atoms with Crippen LogP contribution in [0.4, 0.5) is 0 Å². The number of halogens is 1. The Labute approximate surface area is 181 Å². The lowest BCUT2D eigenvalue weighted by Gasteiger charge is -2.12. The molecule has 0 N–H and O–H groups in total. The number of fused-ring (bicyclic) bond motifs is 2. The molecule has 0 aliphatic heterocycles. The summed E-state index contributed by atoms with van der Waals surface area (Å²) in [5.74, 6) is 1.90. The number of aryl methyl sites for hydroxylation is 1. The van der Waals surface area contributed by atoms with Crippen molar-refractivity contribution in [3.63, 3.8) is 0 Å². The van der Waals surface area contributed by atoms with Crippen LogP contribution in [0.25, 0.3) is 22.1 Å². The van der Waals surface area contributed by atoms with E-state index in [0.29, 0.717) is 18.3 Å². The average Bonchev–Trinajstić information content (AvgIpc) is 3.21. The molecule has 0 aliphatic carbocycles. The van der Waals surface area contributed by atoms with Crippen molar-refractivity contribution >= 4 is 33.7 Å². The summed E-state index contributed by atoms with van der Waals surface area (Å²) in [4.78, 5) is 18.3. The van der Waals surface area contributed by atoms with Gasteiger partial charge in [0, 0.05) is 18.5 Å². The van der Waals surface area contributed by atoms with E-state index in [4.69, 9.17) is 16.6 Å². The van der Waals surface area contributed by atoms with Crippen molar-refractivity contribution in [2.24, 2.45) is 5.92 Å². The van der Waals surface area contributed by atoms with E-state index >= 15 is 0 Å². The summed E-state index contributed by atoms with van der Waals surface area (Å²) in [6, 6.07) is 14.2. The van der Waals surface area contributed by atoms with Gasteiger partial charge in [-0.1, -0.05) is 38.1 Å². The third-order valence-electron chi connectivity index (χ3n) is 5.70. The van der Waals surface area contributed by atoms with Gasteiger partial charge in [-0.15, -0.1) is 11.6 Å². The standard InChI is InChI=1S/C24H29ClN4O/c1-16(2)12-13-27-21-11-7-8-18(14-25)23(21)26-22(27)15-28-19-9-5-6-10-20(19)29(17(3)4)24(28)30/h5-11,16-17H,12-15H2,1-4H3.